The molecule has 0 saturated heterocycles. The van der Waals surface area contributed by atoms with Crippen LogP contribution in [0.5, 0.6) is 0 Å². The van der Waals surface area contributed by atoms with E-state index in [1.165, 1.54) is 23.9 Å². The van der Waals surface area contributed by atoms with Crippen molar-refractivity contribution in [1.29, 1.82) is 0 Å². The molecule has 2 aromatic rings. The zero-order chi connectivity index (χ0) is 14.8. The lowest BCUT2D eigenvalue weighted by molar-refractivity contribution is 0.0695. The summed E-state index contributed by atoms with van der Waals surface area (Å²) in [5, 5.41) is 9.06. The standard InChI is InChI=1S/C17H17NO3/c19-16-9-7-14(17(20)21)11-18(16)15-8-6-13(10-15)12-4-2-1-3-5-12/h1-5,7,9,11,13,15H,6,8,10H2,(H,20,21)/t13-,15-/m0/s1. The lowest BCUT2D eigenvalue weighted by Crippen LogP contribution is -2.23. The van der Waals surface area contributed by atoms with Crippen molar-refractivity contribution in [1.82, 2.24) is 4.57 Å². The van der Waals surface area contributed by atoms with Gasteiger partial charge >= 0.3 is 5.97 Å². The maximum atomic E-state index is 12.0. The molecule has 0 spiro atoms. The molecule has 1 N–H and O–H groups in total. The minimum atomic E-state index is -0.999. The van der Waals surface area contributed by atoms with Crippen LogP contribution < -0.4 is 5.56 Å². The average Bonchev–Trinajstić information content (AvgIpc) is 2.98. The predicted molar refractivity (Wildman–Crippen MR) is 79.7 cm³/mol. The lowest BCUT2D eigenvalue weighted by atomic mass is 9.97. The third kappa shape index (κ3) is 2.75. The molecular weight excluding hydrogens is 266 g/mol. The molecule has 1 saturated carbocycles. The van der Waals surface area contributed by atoms with E-state index in [9.17, 15) is 9.59 Å². The topological polar surface area (TPSA) is 59.3 Å². The van der Waals surface area contributed by atoms with Crippen molar-refractivity contribution in [3.05, 3.63) is 70.1 Å². The molecule has 0 bridgehead atoms. The van der Waals surface area contributed by atoms with Gasteiger partial charge in [-0.05, 0) is 36.8 Å². The second-order valence-corrected chi connectivity index (χ2v) is 5.54. The van der Waals surface area contributed by atoms with Crippen LogP contribution in [-0.2, 0) is 0 Å². The van der Waals surface area contributed by atoms with Crippen molar-refractivity contribution in [2.24, 2.45) is 0 Å². The normalized spacial score (nSPS) is 21.3. The third-order valence-corrected chi connectivity index (χ3v) is 4.25. The molecule has 0 aliphatic heterocycles. The van der Waals surface area contributed by atoms with E-state index >= 15 is 0 Å². The van der Waals surface area contributed by atoms with Crippen molar-refractivity contribution in [2.45, 2.75) is 31.2 Å². The number of aromatic nitrogens is 1. The number of pyridine rings is 1. The molecule has 1 aliphatic carbocycles. The van der Waals surface area contributed by atoms with Gasteiger partial charge in [-0.2, -0.15) is 0 Å². The van der Waals surface area contributed by atoms with Gasteiger partial charge in [0.25, 0.3) is 5.56 Å². The highest BCUT2D eigenvalue weighted by Gasteiger charge is 2.27. The summed E-state index contributed by atoms with van der Waals surface area (Å²) in [4.78, 5) is 23.0. The molecule has 1 fully saturated rings. The number of aromatic carboxylic acids is 1. The first-order valence-electron chi connectivity index (χ1n) is 7.15. The van der Waals surface area contributed by atoms with E-state index in [0.717, 1.165) is 19.3 Å². The first-order valence-corrected chi connectivity index (χ1v) is 7.15. The summed E-state index contributed by atoms with van der Waals surface area (Å²) < 4.78 is 1.59. The number of carboxylic acids is 1. The fourth-order valence-electron chi connectivity index (χ4n) is 3.15. The molecule has 0 radical (unpaired) electrons. The number of hydrogen-bond donors (Lipinski definition) is 1. The molecule has 1 aromatic heterocycles. The Kier molecular flexibility index (Phi) is 3.60. The van der Waals surface area contributed by atoms with E-state index in [4.69, 9.17) is 5.11 Å². The van der Waals surface area contributed by atoms with Crippen LogP contribution in [0, 0.1) is 0 Å². The summed E-state index contributed by atoms with van der Waals surface area (Å²) in [6, 6.07) is 13.1. The van der Waals surface area contributed by atoms with Crippen LogP contribution >= 0.6 is 0 Å². The summed E-state index contributed by atoms with van der Waals surface area (Å²) in [6.07, 6.45) is 4.29. The van der Waals surface area contributed by atoms with Crippen LogP contribution in [0.15, 0.2) is 53.5 Å². The smallest absolute Gasteiger partial charge is 0.337 e. The van der Waals surface area contributed by atoms with E-state index < -0.39 is 5.97 Å². The summed E-state index contributed by atoms with van der Waals surface area (Å²) >= 11 is 0. The molecule has 1 heterocycles. The van der Waals surface area contributed by atoms with Gasteiger partial charge in [0.1, 0.15) is 0 Å². The minimum absolute atomic E-state index is 0.0852. The van der Waals surface area contributed by atoms with Crippen molar-refractivity contribution in [3.8, 4) is 0 Å². The fourth-order valence-corrected chi connectivity index (χ4v) is 3.15. The van der Waals surface area contributed by atoms with Gasteiger partial charge < -0.3 is 9.67 Å². The highest BCUT2D eigenvalue weighted by Crippen LogP contribution is 2.40. The number of nitrogens with zero attached hydrogens (tertiary/aromatic N) is 1. The SMILES string of the molecule is O=C(O)c1ccc(=O)n([C@H]2CC[C@H](c3ccccc3)C2)c1. The molecule has 0 unspecified atom stereocenters. The Hall–Kier alpha value is -2.36. The van der Waals surface area contributed by atoms with E-state index in [1.807, 2.05) is 18.2 Å². The quantitative estimate of drug-likeness (QED) is 0.941. The molecule has 3 rings (SSSR count). The van der Waals surface area contributed by atoms with Crippen LogP contribution in [0.2, 0.25) is 0 Å². The zero-order valence-electron chi connectivity index (χ0n) is 11.6. The Bertz CT molecular complexity index is 705. The second-order valence-electron chi connectivity index (χ2n) is 5.54. The summed E-state index contributed by atoms with van der Waals surface area (Å²) in [5.74, 6) is -0.557. The van der Waals surface area contributed by atoms with E-state index in [1.54, 1.807) is 4.57 Å². The number of benzene rings is 1. The van der Waals surface area contributed by atoms with E-state index in [0.29, 0.717) is 5.92 Å². The summed E-state index contributed by atoms with van der Waals surface area (Å²) in [5.41, 5.74) is 1.33. The molecule has 1 aliphatic rings. The first kappa shape index (κ1) is 13.6. The van der Waals surface area contributed by atoms with Gasteiger partial charge in [-0.15, -0.1) is 0 Å². The van der Waals surface area contributed by atoms with Crippen molar-refractivity contribution >= 4 is 5.97 Å². The van der Waals surface area contributed by atoms with Gasteiger partial charge in [-0.25, -0.2) is 4.79 Å². The van der Waals surface area contributed by atoms with Crippen LogP contribution in [0.3, 0.4) is 0 Å². The molecule has 1 aromatic carbocycles. The number of carboxylic acid groups (broad SMARTS) is 1. The van der Waals surface area contributed by atoms with Crippen LogP contribution in [0.25, 0.3) is 0 Å². The van der Waals surface area contributed by atoms with Gasteiger partial charge in [-0.1, -0.05) is 30.3 Å². The number of carbonyl (C=O) groups is 1. The van der Waals surface area contributed by atoms with Gasteiger partial charge in [-0.3, -0.25) is 4.79 Å². The van der Waals surface area contributed by atoms with E-state index in [-0.39, 0.29) is 17.2 Å². The first-order chi connectivity index (χ1) is 10.1. The van der Waals surface area contributed by atoms with E-state index in [2.05, 4.69) is 12.1 Å². The molecule has 0 amide bonds. The molecule has 4 nitrogen and oxygen atoms in total. The highest BCUT2D eigenvalue weighted by atomic mass is 16.4. The van der Waals surface area contributed by atoms with Gasteiger partial charge in [0, 0.05) is 18.3 Å². The molecule has 4 heteroatoms. The maximum Gasteiger partial charge on any atom is 0.337 e. The molecular formula is C17H17NO3. The van der Waals surface area contributed by atoms with Gasteiger partial charge in [0.15, 0.2) is 0 Å². The highest BCUT2D eigenvalue weighted by molar-refractivity contribution is 5.87. The molecule has 108 valence electrons. The fraction of sp³-hybridized carbons (Fsp3) is 0.294. The van der Waals surface area contributed by atoms with Crippen LogP contribution in [-0.4, -0.2) is 15.6 Å². The van der Waals surface area contributed by atoms with Gasteiger partial charge in [0.05, 0.1) is 5.56 Å². The Morgan fingerprint density at radius 1 is 1.10 bits per heavy atom. The monoisotopic (exact) mass is 283 g/mol. The lowest BCUT2D eigenvalue weighted by Gasteiger charge is -2.15. The van der Waals surface area contributed by atoms with Crippen molar-refractivity contribution in [2.75, 3.05) is 0 Å². The zero-order valence-corrected chi connectivity index (χ0v) is 11.6. The van der Waals surface area contributed by atoms with Crippen molar-refractivity contribution in [3.63, 3.8) is 0 Å². The Morgan fingerprint density at radius 2 is 1.86 bits per heavy atom. The maximum absolute atomic E-state index is 12.0. The predicted octanol–water partition coefficient (Wildman–Crippen LogP) is 3.06. The average molecular weight is 283 g/mol. The van der Waals surface area contributed by atoms with Crippen LogP contribution in [0.1, 0.15) is 47.1 Å². The molecule has 21 heavy (non-hydrogen) atoms. The Labute approximate surface area is 122 Å². The number of hydrogen-bond acceptors (Lipinski definition) is 2. The van der Waals surface area contributed by atoms with Gasteiger partial charge in [0.2, 0.25) is 0 Å². The summed E-state index contributed by atoms with van der Waals surface area (Å²) in [6.45, 7) is 0. The largest absolute Gasteiger partial charge is 0.478 e. The third-order valence-electron chi connectivity index (χ3n) is 4.25. The molecule has 2 atom stereocenters. The van der Waals surface area contributed by atoms with Crippen molar-refractivity contribution < 1.29 is 9.90 Å². The Balaban J connectivity index is 1.85. The van der Waals surface area contributed by atoms with Crippen LogP contribution in [0.4, 0.5) is 0 Å². The second kappa shape index (κ2) is 5.56. The Morgan fingerprint density at radius 3 is 2.57 bits per heavy atom. The minimum Gasteiger partial charge on any atom is -0.478 e. The number of rotatable bonds is 3. The summed E-state index contributed by atoms with van der Waals surface area (Å²) in [7, 11) is 0.